The van der Waals surface area contributed by atoms with Gasteiger partial charge >= 0.3 is 0 Å². The predicted molar refractivity (Wildman–Crippen MR) is 78.3 cm³/mol. The van der Waals surface area contributed by atoms with Crippen LogP contribution in [0.1, 0.15) is 9.88 Å². The van der Waals surface area contributed by atoms with Gasteiger partial charge in [0.25, 0.3) is 0 Å². The van der Waals surface area contributed by atoms with Gasteiger partial charge in [-0.15, -0.1) is 11.3 Å². The Morgan fingerprint density at radius 3 is 2.76 bits per heavy atom. The molecule has 2 heterocycles. The Kier molecular flexibility index (Phi) is 3.83. The fourth-order valence-electron chi connectivity index (χ4n) is 1.93. The molecule has 112 valence electrons. The van der Waals surface area contributed by atoms with Crippen molar-refractivity contribution < 1.29 is 17.9 Å². The lowest BCUT2D eigenvalue weighted by Crippen LogP contribution is -2.23. The van der Waals surface area contributed by atoms with Crippen LogP contribution in [0.25, 0.3) is 0 Å². The van der Waals surface area contributed by atoms with E-state index in [1.54, 1.807) is 12.3 Å². The van der Waals surface area contributed by atoms with E-state index in [-0.39, 0.29) is 11.4 Å². The SMILES string of the molecule is Cc1ncc(CNS(=O)(=O)c2ccc3c(c2)OCCO3)s1. The van der Waals surface area contributed by atoms with Crippen molar-refractivity contribution in [2.24, 2.45) is 0 Å². The van der Waals surface area contributed by atoms with Crippen molar-refractivity contribution in [3.8, 4) is 11.5 Å². The summed E-state index contributed by atoms with van der Waals surface area (Å²) in [7, 11) is -3.59. The van der Waals surface area contributed by atoms with Gasteiger partial charge < -0.3 is 9.47 Å². The van der Waals surface area contributed by atoms with Gasteiger partial charge in [-0.25, -0.2) is 18.1 Å². The summed E-state index contributed by atoms with van der Waals surface area (Å²) < 4.78 is 37.9. The van der Waals surface area contributed by atoms with Crippen LogP contribution in [0, 0.1) is 6.92 Å². The summed E-state index contributed by atoms with van der Waals surface area (Å²) in [6.07, 6.45) is 1.67. The largest absolute Gasteiger partial charge is 0.486 e. The Hall–Kier alpha value is -1.64. The number of ether oxygens (including phenoxy) is 2. The summed E-state index contributed by atoms with van der Waals surface area (Å²) in [5.74, 6) is 1.02. The van der Waals surface area contributed by atoms with Crippen molar-refractivity contribution in [3.05, 3.63) is 34.3 Å². The molecule has 0 spiro atoms. The zero-order valence-corrected chi connectivity index (χ0v) is 13.0. The van der Waals surface area contributed by atoms with E-state index in [2.05, 4.69) is 9.71 Å². The zero-order chi connectivity index (χ0) is 14.9. The highest BCUT2D eigenvalue weighted by Gasteiger charge is 2.19. The molecule has 0 saturated heterocycles. The highest BCUT2D eigenvalue weighted by atomic mass is 32.2. The molecule has 1 aliphatic rings. The van der Waals surface area contributed by atoms with Gasteiger partial charge in [0.05, 0.1) is 9.90 Å². The first-order chi connectivity index (χ1) is 10.0. The molecule has 0 saturated carbocycles. The molecule has 8 heteroatoms. The fraction of sp³-hybridized carbons (Fsp3) is 0.308. The number of fused-ring (bicyclic) bond motifs is 1. The summed E-state index contributed by atoms with van der Waals surface area (Å²) in [6, 6.07) is 4.60. The van der Waals surface area contributed by atoms with Crippen molar-refractivity contribution in [1.29, 1.82) is 0 Å². The lowest BCUT2D eigenvalue weighted by atomic mass is 10.3. The summed E-state index contributed by atoms with van der Waals surface area (Å²) in [5.41, 5.74) is 0. The van der Waals surface area contributed by atoms with E-state index < -0.39 is 10.0 Å². The molecular formula is C13H14N2O4S2. The Morgan fingerprint density at radius 2 is 2.05 bits per heavy atom. The molecule has 21 heavy (non-hydrogen) atoms. The highest BCUT2D eigenvalue weighted by Crippen LogP contribution is 2.32. The number of rotatable bonds is 4. The number of aromatic nitrogens is 1. The number of aryl methyl sites for hydroxylation is 1. The van der Waals surface area contributed by atoms with Crippen LogP contribution < -0.4 is 14.2 Å². The molecule has 1 aliphatic heterocycles. The minimum absolute atomic E-state index is 0.160. The van der Waals surface area contributed by atoms with Gasteiger partial charge in [-0.2, -0.15) is 0 Å². The summed E-state index contributed by atoms with van der Waals surface area (Å²) in [5, 5.41) is 0.906. The lowest BCUT2D eigenvalue weighted by molar-refractivity contribution is 0.171. The Morgan fingerprint density at radius 1 is 1.29 bits per heavy atom. The molecule has 0 radical (unpaired) electrons. The number of nitrogens with one attached hydrogen (secondary N) is 1. The predicted octanol–water partition coefficient (Wildman–Crippen LogP) is 1.70. The molecule has 1 aromatic heterocycles. The molecule has 0 amide bonds. The van der Waals surface area contributed by atoms with Crippen LogP contribution in [0.2, 0.25) is 0 Å². The van der Waals surface area contributed by atoms with E-state index in [1.165, 1.54) is 23.5 Å². The van der Waals surface area contributed by atoms with Gasteiger partial charge in [-0.1, -0.05) is 0 Å². The maximum atomic E-state index is 12.3. The molecule has 0 bridgehead atoms. The third kappa shape index (κ3) is 3.17. The van der Waals surface area contributed by atoms with E-state index in [9.17, 15) is 8.42 Å². The first kappa shape index (κ1) is 14.3. The molecule has 1 aromatic carbocycles. The summed E-state index contributed by atoms with van der Waals surface area (Å²) in [6.45, 7) is 3.00. The molecule has 0 atom stereocenters. The van der Waals surface area contributed by atoms with Crippen LogP contribution in [-0.2, 0) is 16.6 Å². The molecule has 0 unspecified atom stereocenters. The first-order valence-corrected chi connectivity index (χ1v) is 8.65. The molecular weight excluding hydrogens is 312 g/mol. The van der Waals surface area contributed by atoms with E-state index in [4.69, 9.17) is 9.47 Å². The van der Waals surface area contributed by atoms with Crippen LogP contribution in [0.15, 0.2) is 29.3 Å². The Labute approximate surface area is 126 Å². The van der Waals surface area contributed by atoms with Crippen molar-refractivity contribution in [2.45, 2.75) is 18.4 Å². The summed E-state index contributed by atoms with van der Waals surface area (Å²) >= 11 is 1.46. The average Bonchev–Trinajstić information content (AvgIpc) is 2.90. The summed E-state index contributed by atoms with van der Waals surface area (Å²) in [4.78, 5) is 5.12. The van der Waals surface area contributed by atoms with Gasteiger partial charge in [0.2, 0.25) is 10.0 Å². The number of sulfonamides is 1. The van der Waals surface area contributed by atoms with Crippen molar-refractivity contribution in [1.82, 2.24) is 9.71 Å². The van der Waals surface area contributed by atoms with Crippen LogP contribution in [0.5, 0.6) is 11.5 Å². The van der Waals surface area contributed by atoms with Crippen molar-refractivity contribution >= 4 is 21.4 Å². The van der Waals surface area contributed by atoms with Crippen LogP contribution in [-0.4, -0.2) is 26.6 Å². The van der Waals surface area contributed by atoms with Gasteiger partial charge in [0, 0.05) is 23.7 Å². The normalized spacial score (nSPS) is 14.1. The van der Waals surface area contributed by atoms with E-state index in [0.29, 0.717) is 24.7 Å². The van der Waals surface area contributed by atoms with Crippen LogP contribution in [0.3, 0.4) is 0 Å². The number of thiazole rings is 1. The maximum Gasteiger partial charge on any atom is 0.241 e. The number of hydrogen-bond acceptors (Lipinski definition) is 6. The van der Waals surface area contributed by atoms with Gasteiger partial charge in [-0.05, 0) is 19.1 Å². The Balaban J connectivity index is 1.78. The van der Waals surface area contributed by atoms with Gasteiger partial charge in [0.1, 0.15) is 13.2 Å². The zero-order valence-electron chi connectivity index (χ0n) is 11.3. The minimum Gasteiger partial charge on any atom is -0.486 e. The van der Waals surface area contributed by atoms with Crippen molar-refractivity contribution in [2.75, 3.05) is 13.2 Å². The standard InChI is InChI=1S/C13H14N2O4S2/c1-9-14-7-10(20-9)8-15-21(16,17)11-2-3-12-13(6-11)19-5-4-18-12/h2-3,6-7,15H,4-5,8H2,1H3. The number of hydrogen-bond donors (Lipinski definition) is 1. The molecule has 6 nitrogen and oxygen atoms in total. The highest BCUT2D eigenvalue weighted by molar-refractivity contribution is 7.89. The molecule has 1 N–H and O–H groups in total. The second-order valence-electron chi connectivity index (χ2n) is 4.48. The van der Waals surface area contributed by atoms with Gasteiger partial charge in [-0.3, -0.25) is 0 Å². The van der Waals surface area contributed by atoms with E-state index >= 15 is 0 Å². The van der Waals surface area contributed by atoms with Crippen LogP contribution in [0.4, 0.5) is 0 Å². The quantitative estimate of drug-likeness (QED) is 0.925. The monoisotopic (exact) mass is 326 g/mol. The van der Waals surface area contributed by atoms with Crippen molar-refractivity contribution in [3.63, 3.8) is 0 Å². The maximum absolute atomic E-state index is 12.3. The smallest absolute Gasteiger partial charge is 0.241 e. The topological polar surface area (TPSA) is 77.5 Å². The Bertz CT molecular complexity index is 755. The third-order valence-corrected chi connectivity index (χ3v) is 5.24. The molecule has 0 aliphatic carbocycles. The van der Waals surface area contributed by atoms with E-state index in [1.807, 2.05) is 6.92 Å². The number of benzene rings is 1. The van der Waals surface area contributed by atoms with E-state index in [0.717, 1.165) is 9.88 Å². The second kappa shape index (κ2) is 5.63. The molecule has 0 fully saturated rings. The minimum atomic E-state index is -3.59. The van der Waals surface area contributed by atoms with Gasteiger partial charge in [0.15, 0.2) is 11.5 Å². The third-order valence-electron chi connectivity index (χ3n) is 2.93. The fourth-order valence-corrected chi connectivity index (χ4v) is 3.77. The molecule has 3 rings (SSSR count). The second-order valence-corrected chi connectivity index (χ2v) is 7.56. The molecule has 2 aromatic rings. The van der Waals surface area contributed by atoms with Crippen LogP contribution >= 0.6 is 11.3 Å². The average molecular weight is 326 g/mol. The first-order valence-electron chi connectivity index (χ1n) is 6.35. The lowest BCUT2D eigenvalue weighted by Gasteiger charge is -2.18. The number of nitrogens with zero attached hydrogens (tertiary/aromatic N) is 1.